The Morgan fingerprint density at radius 1 is 1.26 bits per heavy atom. The van der Waals surface area contributed by atoms with E-state index in [1.165, 1.54) is 17.4 Å². The normalized spacial score (nSPS) is 12.9. The molecular formula is C14H13ClN2O3S3. The number of nitrogens with zero attached hydrogens (tertiary/aromatic N) is 2. The van der Waals surface area contributed by atoms with Crippen LogP contribution in [0.1, 0.15) is 6.92 Å². The van der Waals surface area contributed by atoms with E-state index < -0.39 is 10.0 Å². The topological polar surface area (TPSA) is 60.7 Å². The fourth-order valence-electron chi connectivity index (χ4n) is 2.14. The van der Waals surface area contributed by atoms with Gasteiger partial charge in [0.2, 0.25) is 4.80 Å². The minimum Gasteiger partial charge on any atom is -0.497 e. The number of hydrogen-bond acceptors (Lipinski definition) is 5. The Morgan fingerprint density at radius 3 is 2.65 bits per heavy atom. The molecule has 3 aromatic rings. The van der Waals surface area contributed by atoms with Crippen LogP contribution in [0.2, 0.25) is 4.34 Å². The van der Waals surface area contributed by atoms with Crippen molar-refractivity contribution in [1.82, 2.24) is 4.57 Å². The monoisotopic (exact) mass is 388 g/mol. The largest absolute Gasteiger partial charge is 0.497 e. The molecule has 5 nitrogen and oxygen atoms in total. The molecule has 0 atom stereocenters. The minimum atomic E-state index is -3.77. The van der Waals surface area contributed by atoms with Gasteiger partial charge in [0.05, 0.1) is 21.7 Å². The third-order valence-corrected chi connectivity index (χ3v) is 7.33. The van der Waals surface area contributed by atoms with Gasteiger partial charge in [0.25, 0.3) is 10.0 Å². The number of aryl methyl sites for hydroxylation is 1. The van der Waals surface area contributed by atoms with E-state index in [4.69, 9.17) is 16.3 Å². The summed E-state index contributed by atoms with van der Waals surface area (Å²) in [5.41, 5.74) is 0.927. The molecule has 2 heterocycles. The lowest BCUT2D eigenvalue weighted by atomic mass is 10.3. The third-order valence-electron chi connectivity index (χ3n) is 3.21. The van der Waals surface area contributed by atoms with Gasteiger partial charge in [-0.1, -0.05) is 22.9 Å². The van der Waals surface area contributed by atoms with Gasteiger partial charge < -0.3 is 9.30 Å². The van der Waals surface area contributed by atoms with E-state index in [0.29, 0.717) is 15.7 Å². The lowest BCUT2D eigenvalue weighted by Crippen LogP contribution is -2.15. The van der Waals surface area contributed by atoms with Crippen molar-refractivity contribution in [2.24, 2.45) is 4.40 Å². The van der Waals surface area contributed by atoms with Crippen molar-refractivity contribution in [3.05, 3.63) is 39.5 Å². The van der Waals surface area contributed by atoms with Crippen LogP contribution in [-0.2, 0) is 16.6 Å². The van der Waals surface area contributed by atoms with Crippen LogP contribution in [0.4, 0.5) is 0 Å². The van der Waals surface area contributed by atoms with E-state index in [-0.39, 0.29) is 4.21 Å². The summed E-state index contributed by atoms with van der Waals surface area (Å²) in [7, 11) is -2.17. The van der Waals surface area contributed by atoms with Gasteiger partial charge in [-0.25, -0.2) is 0 Å². The Kier molecular flexibility index (Phi) is 4.50. The van der Waals surface area contributed by atoms with Crippen LogP contribution in [0.5, 0.6) is 5.75 Å². The number of sulfonamides is 1. The molecule has 0 bridgehead atoms. The smallest absolute Gasteiger partial charge is 0.294 e. The molecule has 0 N–H and O–H groups in total. The van der Waals surface area contributed by atoms with Gasteiger partial charge in [-0.15, -0.1) is 15.7 Å². The van der Waals surface area contributed by atoms with Crippen LogP contribution >= 0.6 is 34.3 Å². The lowest BCUT2D eigenvalue weighted by Gasteiger charge is -2.02. The summed E-state index contributed by atoms with van der Waals surface area (Å²) in [6.07, 6.45) is 0. The SMILES string of the molecule is CCn1c(=NS(=O)(=O)c2ccc(Cl)s2)sc2cc(OC)ccc21. The van der Waals surface area contributed by atoms with Crippen LogP contribution in [0.25, 0.3) is 10.2 Å². The first kappa shape index (κ1) is 16.5. The summed E-state index contributed by atoms with van der Waals surface area (Å²) in [6, 6.07) is 8.65. The predicted molar refractivity (Wildman–Crippen MR) is 94.1 cm³/mol. The summed E-state index contributed by atoms with van der Waals surface area (Å²) < 4.78 is 37.4. The molecule has 0 aliphatic heterocycles. The number of methoxy groups -OCH3 is 1. The fraction of sp³-hybridized carbons (Fsp3) is 0.214. The number of aromatic nitrogens is 1. The maximum atomic E-state index is 12.4. The number of ether oxygens (including phenoxy) is 1. The van der Waals surface area contributed by atoms with Gasteiger partial charge in [-0.2, -0.15) is 8.42 Å². The van der Waals surface area contributed by atoms with Crippen LogP contribution in [-0.4, -0.2) is 20.1 Å². The second-order valence-electron chi connectivity index (χ2n) is 4.59. The Labute approximate surface area is 146 Å². The highest BCUT2D eigenvalue weighted by Gasteiger charge is 2.17. The molecule has 0 amide bonds. The molecule has 0 saturated heterocycles. The van der Waals surface area contributed by atoms with Crippen molar-refractivity contribution < 1.29 is 13.2 Å². The van der Waals surface area contributed by atoms with E-state index in [2.05, 4.69) is 4.40 Å². The van der Waals surface area contributed by atoms with Crippen molar-refractivity contribution in [3.63, 3.8) is 0 Å². The van der Waals surface area contributed by atoms with Gasteiger partial charge in [0.15, 0.2) is 0 Å². The van der Waals surface area contributed by atoms with Crippen molar-refractivity contribution in [1.29, 1.82) is 0 Å². The molecule has 1 aromatic carbocycles. The quantitative estimate of drug-likeness (QED) is 0.684. The molecule has 0 unspecified atom stereocenters. The van der Waals surface area contributed by atoms with Gasteiger partial charge in [0, 0.05) is 6.54 Å². The van der Waals surface area contributed by atoms with Crippen molar-refractivity contribution in [3.8, 4) is 5.75 Å². The first-order valence-electron chi connectivity index (χ1n) is 6.68. The predicted octanol–water partition coefficient (Wildman–Crippen LogP) is 3.74. The molecule has 122 valence electrons. The number of thiazole rings is 1. The summed E-state index contributed by atoms with van der Waals surface area (Å²) in [4.78, 5) is 0.431. The minimum absolute atomic E-state index is 0.139. The van der Waals surface area contributed by atoms with Gasteiger partial charge in [-0.05, 0) is 37.3 Å². The number of thiophene rings is 1. The highest BCUT2D eigenvalue weighted by Crippen LogP contribution is 2.27. The molecule has 0 aliphatic rings. The highest BCUT2D eigenvalue weighted by atomic mass is 35.5. The molecule has 0 fully saturated rings. The first-order valence-corrected chi connectivity index (χ1v) is 10.1. The molecule has 3 rings (SSSR count). The lowest BCUT2D eigenvalue weighted by molar-refractivity contribution is 0.415. The van der Waals surface area contributed by atoms with Crippen molar-refractivity contribution in [2.45, 2.75) is 17.7 Å². The Morgan fingerprint density at radius 2 is 2.04 bits per heavy atom. The second-order valence-corrected chi connectivity index (χ2v) is 9.14. The summed E-state index contributed by atoms with van der Waals surface area (Å²) in [6.45, 7) is 2.57. The van der Waals surface area contributed by atoms with Crippen molar-refractivity contribution >= 4 is 54.5 Å². The summed E-state index contributed by atoms with van der Waals surface area (Å²) >= 11 is 8.14. The Hall–Kier alpha value is -1.35. The van der Waals surface area contributed by atoms with Gasteiger partial charge in [-0.3, -0.25) is 0 Å². The average Bonchev–Trinajstić information content (AvgIpc) is 3.09. The maximum Gasteiger partial charge on any atom is 0.294 e. The zero-order valence-electron chi connectivity index (χ0n) is 12.3. The number of rotatable bonds is 4. The van der Waals surface area contributed by atoms with E-state index in [1.807, 2.05) is 29.7 Å². The molecule has 0 aliphatic carbocycles. The number of hydrogen-bond donors (Lipinski definition) is 0. The number of fused-ring (bicyclic) bond motifs is 1. The zero-order chi connectivity index (χ0) is 16.6. The van der Waals surface area contributed by atoms with E-state index >= 15 is 0 Å². The standard InChI is InChI=1S/C14H13ClN2O3S3/c1-3-17-10-5-4-9(20-2)8-11(10)21-14(17)16-23(18,19)13-7-6-12(15)22-13/h4-8H,3H2,1-2H3. The molecule has 23 heavy (non-hydrogen) atoms. The molecule has 9 heteroatoms. The Bertz CT molecular complexity index is 1030. The van der Waals surface area contributed by atoms with Crippen LogP contribution in [0.15, 0.2) is 38.9 Å². The van der Waals surface area contributed by atoms with E-state index in [9.17, 15) is 8.42 Å². The second kappa shape index (κ2) is 6.27. The highest BCUT2D eigenvalue weighted by molar-refractivity contribution is 7.92. The van der Waals surface area contributed by atoms with Crippen LogP contribution < -0.4 is 9.54 Å². The summed E-state index contributed by atoms with van der Waals surface area (Å²) in [5.74, 6) is 0.724. The molecular weight excluding hydrogens is 376 g/mol. The first-order chi connectivity index (χ1) is 10.9. The molecule has 2 aromatic heterocycles. The third kappa shape index (κ3) is 3.16. The van der Waals surface area contributed by atoms with Crippen molar-refractivity contribution in [2.75, 3.05) is 7.11 Å². The van der Waals surface area contributed by atoms with Gasteiger partial charge >= 0.3 is 0 Å². The molecule has 0 saturated carbocycles. The average molecular weight is 389 g/mol. The zero-order valence-corrected chi connectivity index (χ0v) is 15.5. The van der Waals surface area contributed by atoms with E-state index in [0.717, 1.165) is 27.3 Å². The molecule has 0 radical (unpaired) electrons. The van der Waals surface area contributed by atoms with E-state index in [1.54, 1.807) is 13.2 Å². The Balaban J connectivity index is 2.22. The van der Waals surface area contributed by atoms with Crippen LogP contribution in [0, 0.1) is 0 Å². The fourth-order valence-corrected chi connectivity index (χ4v) is 5.93. The molecule has 0 spiro atoms. The van der Waals surface area contributed by atoms with Crippen LogP contribution in [0.3, 0.4) is 0 Å². The van der Waals surface area contributed by atoms with Gasteiger partial charge in [0.1, 0.15) is 9.96 Å². The number of halogens is 1. The summed E-state index contributed by atoms with van der Waals surface area (Å²) in [5, 5.41) is 0. The number of benzene rings is 1. The maximum absolute atomic E-state index is 12.4.